The van der Waals surface area contributed by atoms with Crippen molar-refractivity contribution in [2.45, 2.75) is 19.4 Å². The Morgan fingerprint density at radius 2 is 1.93 bits per heavy atom. The summed E-state index contributed by atoms with van der Waals surface area (Å²) >= 11 is 0. The molecule has 0 spiro atoms. The Morgan fingerprint density at radius 1 is 1.10 bits per heavy atom. The van der Waals surface area contributed by atoms with Crippen molar-refractivity contribution in [3.63, 3.8) is 0 Å². The standard InChI is InChI=1S/C22H23N3O4/c1-14-2-4-17-15(10-14)6-7-25-18(17)12-24(13-21(25)26)22(27)23-16-3-5-19-20(11-16)29-9-8-28-19/h2-5,10-11,18H,6-9,12-13H2,1H3,(H,23,27). The molecule has 0 aliphatic carbocycles. The van der Waals surface area contributed by atoms with Crippen molar-refractivity contribution >= 4 is 17.6 Å². The van der Waals surface area contributed by atoms with E-state index < -0.39 is 0 Å². The minimum absolute atomic E-state index is 0.00945. The number of carbonyl (C=O) groups excluding carboxylic acids is 2. The first-order chi connectivity index (χ1) is 14.1. The van der Waals surface area contributed by atoms with Crippen LogP contribution >= 0.6 is 0 Å². The Balaban J connectivity index is 1.35. The second-order valence-corrected chi connectivity index (χ2v) is 7.72. The van der Waals surface area contributed by atoms with Gasteiger partial charge in [0, 0.05) is 24.8 Å². The number of anilines is 1. The summed E-state index contributed by atoms with van der Waals surface area (Å²) < 4.78 is 11.1. The predicted molar refractivity (Wildman–Crippen MR) is 107 cm³/mol. The topological polar surface area (TPSA) is 71.1 Å². The molecule has 1 unspecified atom stereocenters. The Kier molecular flexibility index (Phi) is 4.30. The van der Waals surface area contributed by atoms with Crippen molar-refractivity contribution in [1.82, 2.24) is 9.80 Å². The molecule has 3 aliphatic rings. The van der Waals surface area contributed by atoms with Crippen LogP contribution in [0, 0.1) is 6.92 Å². The highest BCUT2D eigenvalue weighted by molar-refractivity contribution is 5.93. The molecule has 0 bridgehead atoms. The van der Waals surface area contributed by atoms with Gasteiger partial charge in [0.05, 0.1) is 6.04 Å². The number of piperazine rings is 1. The third-order valence-corrected chi connectivity index (χ3v) is 5.78. The van der Waals surface area contributed by atoms with Crippen LogP contribution in [0.1, 0.15) is 22.7 Å². The van der Waals surface area contributed by atoms with Gasteiger partial charge in [-0.2, -0.15) is 0 Å². The molecule has 2 aromatic carbocycles. The lowest BCUT2D eigenvalue weighted by atomic mass is 9.89. The van der Waals surface area contributed by atoms with Crippen LogP contribution in [0.15, 0.2) is 36.4 Å². The Labute approximate surface area is 169 Å². The van der Waals surface area contributed by atoms with Gasteiger partial charge < -0.3 is 24.6 Å². The summed E-state index contributed by atoms with van der Waals surface area (Å²) in [6, 6.07) is 11.3. The van der Waals surface area contributed by atoms with Gasteiger partial charge in [0.1, 0.15) is 19.8 Å². The smallest absolute Gasteiger partial charge is 0.322 e. The Hall–Kier alpha value is -3.22. The number of ether oxygens (including phenoxy) is 2. The second kappa shape index (κ2) is 6.99. The molecule has 7 heteroatoms. The lowest BCUT2D eigenvalue weighted by Crippen LogP contribution is -2.56. The maximum atomic E-state index is 12.9. The second-order valence-electron chi connectivity index (χ2n) is 7.72. The quantitative estimate of drug-likeness (QED) is 0.809. The molecule has 1 atom stereocenters. The molecule has 1 fully saturated rings. The number of amides is 3. The van der Waals surface area contributed by atoms with Crippen molar-refractivity contribution in [1.29, 1.82) is 0 Å². The Morgan fingerprint density at radius 3 is 2.79 bits per heavy atom. The monoisotopic (exact) mass is 393 g/mol. The van der Waals surface area contributed by atoms with Gasteiger partial charge in [-0.1, -0.05) is 23.8 Å². The highest BCUT2D eigenvalue weighted by Gasteiger charge is 2.38. The molecule has 0 aromatic heterocycles. The van der Waals surface area contributed by atoms with Crippen molar-refractivity contribution in [2.24, 2.45) is 0 Å². The first kappa shape index (κ1) is 17.8. The maximum absolute atomic E-state index is 12.9. The first-order valence-electron chi connectivity index (χ1n) is 9.93. The van der Waals surface area contributed by atoms with Crippen LogP contribution < -0.4 is 14.8 Å². The van der Waals surface area contributed by atoms with E-state index in [2.05, 4.69) is 30.4 Å². The molecule has 7 nitrogen and oxygen atoms in total. The average molecular weight is 393 g/mol. The fourth-order valence-corrected chi connectivity index (χ4v) is 4.34. The van der Waals surface area contributed by atoms with Gasteiger partial charge in [0.25, 0.3) is 0 Å². The molecule has 5 rings (SSSR count). The lowest BCUT2D eigenvalue weighted by molar-refractivity contribution is -0.139. The van der Waals surface area contributed by atoms with Crippen molar-refractivity contribution in [3.8, 4) is 11.5 Å². The van der Waals surface area contributed by atoms with E-state index in [9.17, 15) is 9.59 Å². The van der Waals surface area contributed by atoms with Gasteiger partial charge in [-0.25, -0.2) is 4.79 Å². The van der Waals surface area contributed by atoms with Gasteiger partial charge in [0.2, 0.25) is 5.91 Å². The highest BCUT2D eigenvalue weighted by atomic mass is 16.6. The summed E-state index contributed by atoms with van der Waals surface area (Å²) in [6.45, 7) is 4.37. The van der Waals surface area contributed by atoms with Crippen LogP contribution in [-0.4, -0.2) is 54.6 Å². The van der Waals surface area contributed by atoms with E-state index in [1.807, 2.05) is 4.90 Å². The summed E-state index contributed by atoms with van der Waals surface area (Å²) in [7, 11) is 0. The summed E-state index contributed by atoms with van der Waals surface area (Å²) in [5.41, 5.74) is 4.25. The van der Waals surface area contributed by atoms with Crippen LogP contribution in [0.3, 0.4) is 0 Å². The minimum atomic E-state index is -0.283. The molecule has 0 radical (unpaired) electrons. The molecule has 150 valence electrons. The molecule has 2 aromatic rings. The van der Waals surface area contributed by atoms with Crippen LogP contribution in [0.5, 0.6) is 11.5 Å². The number of hydrogen-bond acceptors (Lipinski definition) is 4. The van der Waals surface area contributed by atoms with E-state index in [4.69, 9.17) is 9.47 Å². The number of aryl methyl sites for hydroxylation is 1. The molecule has 0 saturated carbocycles. The Bertz CT molecular complexity index is 990. The first-order valence-corrected chi connectivity index (χ1v) is 9.93. The van der Waals surface area contributed by atoms with Crippen LogP contribution in [-0.2, 0) is 11.2 Å². The number of urea groups is 1. The molecule has 1 N–H and O–H groups in total. The molecule has 1 saturated heterocycles. The van der Waals surface area contributed by atoms with E-state index in [0.717, 1.165) is 12.0 Å². The number of carbonyl (C=O) groups is 2. The number of hydrogen-bond donors (Lipinski definition) is 1. The molecule has 29 heavy (non-hydrogen) atoms. The molecular formula is C22H23N3O4. The van der Waals surface area contributed by atoms with Gasteiger partial charge in [-0.05, 0) is 36.6 Å². The van der Waals surface area contributed by atoms with E-state index in [0.29, 0.717) is 43.5 Å². The van der Waals surface area contributed by atoms with Gasteiger partial charge in [-0.3, -0.25) is 4.79 Å². The van der Waals surface area contributed by atoms with Crippen molar-refractivity contribution < 1.29 is 19.1 Å². The highest BCUT2D eigenvalue weighted by Crippen LogP contribution is 2.35. The zero-order valence-electron chi connectivity index (χ0n) is 16.3. The normalized spacial score (nSPS) is 20.0. The van der Waals surface area contributed by atoms with Crippen LogP contribution in [0.25, 0.3) is 0 Å². The SMILES string of the molecule is Cc1ccc2c(c1)CCN1C(=O)CN(C(=O)Nc3ccc4c(c3)OCCO4)CC21. The molecule has 3 heterocycles. The number of fused-ring (bicyclic) bond motifs is 4. The van der Waals surface area contributed by atoms with Crippen LogP contribution in [0.2, 0.25) is 0 Å². The van der Waals surface area contributed by atoms with E-state index in [1.54, 1.807) is 23.1 Å². The number of rotatable bonds is 1. The summed E-state index contributed by atoms with van der Waals surface area (Å²) in [5, 5.41) is 2.89. The van der Waals surface area contributed by atoms with Gasteiger partial charge in [0.15, 0.2) is 11.5 Å². The lowest BCUT2D eigenvalue weighted by Gasteiger charge is -2.44. The fourth-order valence-electron chi connectivity index (χ4n) is 4.34. The number of benzene rings is 2. The third kappa shape index (κ3) is 3.26. The summed E-state index contributed by atoms with van der Waals surface area (Å²) in [4.78, 5) is 29.1. The fraction of sp³-hybridized carbons (Fsp3) is 0.364. The summed E-state index contributed by atoms with van der Waals surface area (Å²) in [6.07, 6.45) is 0.864. The minimum Gasteiger partial charge on any atom is -0.486 e. The number of nitrogens with one attached hydrogen (secondary N) is 1. The summed E-state index contributed by atoms with van der Waals surface area (Å²) in [5.74, 6) is 1.28. The van der Waals surface area contributed by atoms with Crippen molar-refractivity contribution in [3.05, 3.63) is 53.1 Å². The van der Waals surface area contributed by atoms with E-state index in [-0.39, 0.29) is 24.5 Å². The zero-order valence-corrected chi connectivity index (χ0v) is 16.3. The molecule has 3 amide bonds. The van der Waals surface area contributed by atoms with Gasteiger partial charge >= 0.3 is 6.03 Å². The third-order valence-electron chi connectivity index (χ3n) is 5.78. The van der Waals surface area contributed by atoms with E-state index >= 15 is 0 Å². The maximum Gasteiger partial charge on any atom is 0.322 e. The zero-order chi connectivity index (χ0) is 20.0. The largest absolute Gasteiger partial charge is 0.486 e. The molecule has 3 aliphatic heterocycles. The average Bonchev–Trinajstić information content (AvgIpc) is 2.73. The van der Waals surface area contributed by atoms with E-state index in [1.165, 1.54) is 11.1 Å². The molecular weight excluding hydrogens is 370 g/mol. The number of nitrogens with zero attached hydrogens (tertiary/aromatic N) is 2. The van der Waals surface area contributed by atoms with Crippen molar-refractivity contribution in [2.75, 3.05) is 38.2 Å². The predicted octanol–water partition coefficient (Wildman–Crippen LogP) is 2.74. The van der Waals surface area contributed by atoms with Crippen LogP contribution in [0.4, 0.5) is 10.5 Å². The van der Waals surface area contributed by atoms with Gasteiger partial charge in [-0.15, -0.1) is 0 Å².